The summed E-state index contributed by atoms with van der Waals surface area (Å²) in [6.45, 7) is 5.29. The molecule has 3 rings (SSSR count). The SMILES string of the molecule is O=C(NCCCCN1CCCC1)N1CCc2ccccc21. The van der Waals surface area contributed by atoms with Gasteiger partial charge in [-0.15, -0.1) is 0 Å². The van der Waals surface area contributed by atoms with Crippen molar-refractivity contribution in [3.05, 3.63) is 29.8 Å². The molecular formula is C17H25N3O. The van der Waals surface area contributed by atoms with Crippen LogP contribution in [0.5, 0.6) is 0 Å². The Labute approximate surface area is 127 Å². The predicted molar refractivity (Wildman–Crippen MR) is 85.8 cm³/mol. The maximum atomic E-state index is 12.2. The minimum atomic E-state index is 0.0566. The summed E-state index contributed by atoms with van der Waals surface area (Å²) in [6, 6.07) is 8.24. The van der Waals surface area contributed by atoms with Crippen molar-refractivity contribution in [2.45, 2.75) is 32.1 Å². The fourth-order valence-electron chi connectivity index (χ4n) is 3.31. The number of amides is 2. The van der Waals surface area contributed by atoms with Crippen molar-refractivity contribution < 1.29 is 4.79 Å². The Hall–Kier alpha value is -1.55. The molecule has 1 fully saturated rings. The molecule has 0 aliphatic carbocycles. The highest BCUT2D eigenvalue weighted by Gasteiger charge is 2.23. The third-order valence-corrected chi connectivity index (χ3v) is 4.51. The fraction of sp³-hybridized carbons (Fsp3) is 0.588. The van der Waals surface area contributed by atoms with Crippen molar-refractivity contribution in [1.82, 2.24) is 10.2 Å². The normalized spacial score (nSPS) is 18.0. The Bertz CT molecular complexity index is 483. The Balaban J connectivity index is 1.37. The molecule has 1 aromatic rings. The van der Waals surface area contributed by atoms with Crippen LogP contribution in [0, 0.1) is 0 Å². The summed E-state index contributed by atoms with van der Waals surface area (Å²) in [5.41, 5.74) is 2.36. The highest BCUT2D eigenvalue weighted by Crippen LogP contribution is 2.27. The van der Waals surface area contributed by atoms with E-state index in [1.807, 2.05) is 23.1 Å². The standard InChI is InChI=1S/C17H25N3O/c21-17(18-10-3-4-11-19-12-5-6-13-19)20-14-9-15-7-1-2-8-16(15)20/h1-2,7-8H,3-6,9-14H2,(H,18,21). The molecule has 0 radical (unpaired) electrons. The van der Waals surface area contributed by atoms with Gasteiger partial charge in [-0.25, -0.2) is 4.79 Å². The zero-order valence-corrected chi connectivity index (χ0v) is 12.7. The van der Waals surface area contributed by atoms with Gasteiger partial charge in [0.2, 0.25) is 0 Å². The molecule has 1 N–H and O–H groups in total. The Morgan fingerprint density at radius 2 is 1.90 bits per heavy atom. The average molecular weight is 287 g/mol. The number of urea groups is 1. The van der Waals surface area contributed by atoms with Gasteiger partial charge in [0.25, 0.3) is 0 Å². The van der Waals surface area contributed by atoms with Crippen LogP contribution in [0.4, 0.5) is 10.5 Å². The first-order chi connectivity index (χ1) is 10.3. The van der Waals surface area contributed by atoms with Gasteiger partial charge in [0.05, 0.1) is 0 Å². The van der Waals surface area contributed by atoms with Crippen molar-refractivity contribution in [2.24, 2.45) is 0 Å². The summed E-state index contributed by atoms with van der Waals surface area (Å²) in [5.74, 6) is 0. The molecule has 1 saturated heterocycles. The molecule has 0 bridgehead atoms. The van der Waals surface area contributed by atoms with Gasteiger partial charge in [0, 0.05) is 18.8 Å². The third-order valence-electron chi connectivity index (χ3n) is 4.51. The molecule has 0 aromatic heterocycles. The molecule has 0 saturated carbocycles. The van der Waals surface area contributed by atoms with Crippen LogP contribution in [0.25, 0.3) is 0 Å². The van der Waals surface area contributed by atoms with E-state index in [1.165, 1.54) is 44.5 Å². The first kappa shape index (κ1) is 14.4. The Morgan fingerprint density at radius 1 is 1.10 bits per heavy atom. The van der Waals surface area contributed by atoms with Crippen LogP contribution in [0.1, 0.15) is 31.2 Å². The van der Waals surface area contributed by atoms with E-state index in [2.05, 4.69) is 16.3 Å². The summed E-state index contributed by atoms with van der Waals surface area (Å²) < 4.78 is 0. The van der Waals surface area contributed by atoms with E-state index in [0.29, 0.717) is 0 Å². The lowest BCUT2D eigenvalue weighted by atomic mass is 10.2. The second-order valence-electron chi connectivity index (χ2n) is 6.02. The molecule has 1 aromatic carbocycles. The van der Waals surface area contributed by atoms with E-state index < -0.39 is 0 Å². The number of unbranched alkanes of at least 4 members (excludes halogenated alkanes) is 1. The molecular weight excluding hydrogens is 262 g/mol. The van der Waals surface area contributed by atoms with Gasteiger partial charge in [-0.1, -0.05) is 18.2 Å². The quantitative estimate of drug-likeness (QED) is 0.845. The van der Waals surface area contributed by atoms with Crippen LogP contribution in [0.15, 0.2) is 24.3 Å². The van der Waals surface area contributed by atoms with Gasteiger partial charge in [0.15, 0.2) is 0 Å². The summed E-state index contributed by atoms with van der Waals surface area (Å²) in [4.78, 5) is 16.6. The molecule has 0 unspecified atom stereocenters. The second-order valence-corrected chi connectivity index (χ2v) is 6.02. The van der Waals surface area contributed by atoms with Gasteiger partial charge in [0.1, 0.15) is 0 Å². The van der Waals surface area contributed by atoms with Gasteiger partial charge >= 0.3 is 6.03 Å². The number of rotatable bonds is 5. The number of hydrogen-bond donors (Lipinski definition) is 1. The Kier molecular flexibility index (Phi) is 4.76. The molecule has 2 aliphatic heterocycles. The number of benzene rings is 1. The number of likely N-dealkylation sites (tertiary alicyclic amines) is 1. The number of para-hydroxylation sites is 1. The molecule has 4 heteroatoms. The molecule has 2 amide bonds. The number of anilines is 1. The largest absolute Gasteiger partial charge is 0.338 e. The topological polar surface area (TPSA) is 35.6 Å². The molecule has 21 heavy (non-hydrogen) atoms. The zero-order valence-electron chi connectivity index (χ0n) is 12.7. The lowest BCUT2D eigenvalue weighted by Gasteiger charge is -2.18. The molecule has 0 atom stereocenters. The number of nitrogens with zero attached hydrogens (tertiary/aromatic N) is 2. The van der Waals surface area contributed by atoms with Crippen molar-refractivity contribution in [2.75, 3.05) is 37.6 Å². The average Bonchev–Trinajstić information content (AvgIpc) is 3.16. The molecule has 2 heterocycles. The van der Waals surface area contributed by atoms with Gasteiger partial charge in [-0.3, -0.25) is 4.90 Å². The van der Waals surface area contributed by atoms with E-state index in [1.54, 1.807) is 0 Å². The third kappa shape index (κ3) is 3.56. The lowest BCUT2D eigenvalue weighted by molar-refractivity contribution is 0.246. The minimum absolute atomic E-state index is 0.0566. The maximum Gasteiger partial charge on any atom is 0.321 e. The van der Waals surface area contributed by atoms with Gasteiger partial charge in [-0.2, -0.15) is 0 Å². The number of nitrogens with one attached hydrogen (secondary N) is 1. The van der Waals surface area contributed by atoms with Gasteiger partial charge < -0.3 is 10.2 Å². The fourth-order valence-corrected chi connectivity index (χ4v) is 3.31. The molecule has 2 aliphatic rings. The van der Waals surface area contributed by atoms with Crippen LogP contribution < -0.4 is 10.2 Å². The van der Waals surface area contributed by atoms with Crippen molar-refractivity contribution in [1.29, 1.82) is 0 Å². The van der Waals surface area contributed by atoms with Crippen LogP contribution in [0.2, 0.25) is 0 Å². The van der Waals surface area contributed by atoms with Crippen LogP contribution >= 0.6 is 0 Å². The first-order valence-electron chi connectivity index (χ1n) is 8.20. The lowest BCUT2D eigenvalue weighted by Crippen LogP contribution is -2.39. The van der Waals surface area contributed by atoms with E-state index in [9.17, 15) is 4.79 Å². The van der Waals surface area contributed by atoms with Gasteiger partial charge in [-0.05, 0) is 63.4 Å². The monoisotopic (exact) mass is 287 g/mol. The van der Waals surface area contributed by atoms with Crippen LogP contribution in [0.3, 0.4) is 0 Å². The summed E-state index contributed by atoms with van der Waals surface area (Å²) in [5, 5.41) is 3.06. The van der Waals surface area contributed by atoms with Crippen LogP contribution in [-0.2, 0) is 6.42 Å². The first-order valence-corrected chi connectivity index (χ1v) is 8.20. The van der Waals surface area contributed by atoms with E-state index in [-0.39, 0.29) is 6.03 Å². The highest BCUT2D eigenvalue weighted by molar-refractivity contribution is 5.94. The minimum Gasteiger partial charge on any atom is -0.338 e. The smallest absolute Gasteiger partial charge is 0.321 e. The summed E-state index contributed by atoms with van der Waals surface area (Å²) in [7, 11) is 0. The second kappa shape index (κ2) is 6.94. The summed E-state index contributed by atoms with van der Waals surface area (Å²) in [6.07, 6.45) is 5.92. The van der Waals surface area contributed by atoms with Crippen LogP contribution in [-0.4, -0.2) is 43.7 Å². The molecule has 114 valence electrons. The molecule has 4 nitrogen and oxygen atoms in total. The Morgan fingerprint density at radius 3 is 2.76 bits per heavy atom. The van der Waals surface area contributed by atoms with Crippen molar-refractivity contribution in [3.63, 3.8) is 0 Å². The highest BCUT2D eigenvalue weighted by atomic mass is 16.2. The maximum absolute atomic E-state index is 12.2. The number of carbonyl (C=O) groups is 1. The summed E-state index contributed by atoms with van der Waals surface area (Å²) >= 11 is 0. The zero-order chi connectivity index (χ0) is 14.5. The van der Waals surface area contributed by atoms with E-state index in [0.717, 1.165) is 31.6 Å². The number of carbonyl (C=O) groups excluding carboxylic acids is 1. The van der Waals surface area contributed by atoms with E-state index in [4.69, 9.17) is 0 Å². The van der Waals surface area contributed by atoms with E-state index >= 15 is 0 Å². The van der Waals surface area contributed by atoms with Crippen molar-refractivity contribution in [3.8, 4) is 0 Å². The number of hydrogen-bond acceptors (Lipinski definition) is 2. The predicted octanol–water partition coefficient (Wildman–Crippen LogP) is 2.63. The number of fused-ring (bicyclic) bond motifs is 1. The van der Waals surface area contributed by atoms with Crippen molar-refractivity contribution >= 4 is 11.7 Å². The molecule has 0 spiro atoms.